The van der Waals surface area contributed by atoms with E-state index in [1.165, 1.54) is 0 Å². The van der Waals surface area contributed by atoms with E-state index >= 15 is 0 Å². The lowest BCUT2D eigenvalue weighted by Crippen LogP contribution is -2.27. The van der Waals surface area contributed by atoms with Crippen LogP contribution in [0.5, 0.6) is 0 Å². The Hall–Kier alpha value is -0.610. The van der Waals surface area contributed by atoms with Crippen molar-refractivity contribution in [2.24, 2.45) is 5.92 Å². The van der Waals surface area contributed by atoms with Gasteiger partial charge in [0.1, 0.15) is 0 Å². The molecule has 0 spiro atoms. The Morgan fingerprint density at radius 3 is 2.82 bits per heavy atom. The molecule has 0 saturated carbocycles. The predicted octanol–water partition coefficient (Wildman–Crippen LogP) is 2.00. The molecule has 17 heavy (non-hydrogen) atoms. The zero-order valence-electron chi connectivity index (χ0n) is 9.73. The normalized spacial score (nSPS) is 21.6. The van der Waals surface area contributed by atoms with Crippen molar-refractivity contribution >= 4 is 11.6 Å². The number of halogens is 1. The maximum absolute atomic E-state index is 9.95. The lowest BCUT2D eigenvalue weighted by Gasteiger charge is -2.14. The lowest BCUT2D eigenvalue weighted by molar-refractivity contribution is 0.167. The molecule has 0 radical (unpaired) electrons. The largest absolute Gasteiger partial charge is 0.387 e. The Labute approximate surface area is 107 Å². The van der Waals surface area contributed by atoms with E-state index in [1.807, 2.05) is 12.1 Å². The van der Waals surface area contributed by atoms with Crippen LogP contribution in [-0.4, -0.2) is 31.4 Å². The van der Waals surface area contributed by atoms with Crippen LogP contribution in [0.3, 0.4) is 0 Å². The van der Waals surface area contributed by atoms with Crippen molar-refractivity contribution in [1.82, 2.24) is 5.32 Å². The van der Waals surface area contributed by atoms with Gasteiger partial charge in [0.15, 0.2) is 0 Å². The van der Waals surface area contributed by atoms with Crippen molar-refractivity contribution in [3.05, 3.63) is 34.9 Å². The summed E-state index contributed by atoms with van der Waals surface area (Å²) in [4.78, 5) is 0. The second kappa shape index (κ2) is 6.36. The Kier molecular flexibility index (Phi) is 4.80. The number of benzene rings is 1. The number of hydrogen-bond acceptors (Lipinski definition) is 3. The molecule has 4 heteroatoms. The van der Waals surface area contributed by atoms with Gasteiger partial charge in [-0.25, -0.2) is 0 Å². The highest BCUT2D eigenvalue weighted by Gasteiger charge is 2.15. The van der Waals surface area contributed by atoms with Crippen molar-refractivity contribution < 1.29 is 9.84 Å². The molecule has 1 aliphatic heterocycles. The highest BCUT2D eigenvalue weighted by Crippen LogP contribution is 2.16. The minimum atomic E-state index is -0.477. The summed E-state index contributed by atoms with van der Waals surface area (Å²) in [5, 5.41) is 13.9. The third-order valence-corrected chi connectivity index (χ3v) is 3.30. The third kappa shape index (κ3) is 3.96. The maximum atomic E-state index is 9.95. The van der Waals surface area contributed by atoms with Gasteiger partial charge >= 0.3 is 0 Å². The quantitative estimate of drug-likeness (QED) is 0.846. The summed E-state index contributed by atoms with van der Waals surface area (Å²) in [6.07, 6.45) is 0.638. The fourth-order valence-corrected chi connectivity index (χ4v) is 2.10. The summed E-state index contributed by atoms with van der Waals surface area (Å²) in [6, 6.07) is 7.30. The summed E-state index contributed by atoms with van der Waals surface area (Å²) in [5.41, 5.74) is 0.893. The summed E-state index contributed by atoms with van der Waals surface area (Å²) < 4.78 is 5.30. The Morgan fingerprint density at radius 1 is 1.41 bits per heavy atom. The molecular weight excluding hydrogens is 238 g/mol. The van der Waals surface area contributed by atoms with Crippen LogP contribution in [0.2, 0.25) is 5.02 Å². The molecule has 1 aromatic carbocycles. The van der Waals surface area contributed by atoms with E-state index in [4.69, 9.17) is 16.3 Å². The van der Waals surface area contributed by atoms with Crippen molar-refractivity contribution in [3.63, 3.8) is 0 Å². The topological polar surface area (TPSA) is 41.5 Å². The van der Waals surface area contributed by atoms with Crippen molar-refractivity contribution in [2.45, 2.75) is 12.5 Å². The van der Waals surface area contributed by atoms with E-state index in [2.05, 4.69) is 5.32 Å². The van der Waals surface area contributed by atoms with E-state index in [9.17, 15) is 5.11 Å². The Bertz CT molecular complexity index is 336. The van der Waals surface area contributed by atoms with E-state index in [0.717, 1.165) is 31.7 Å². The molecule has 94 valence electrons. The average molecular weight is 256 g/mol. The van der Waals surface area contributed by atoms with Crippen molar-refractivity contribution in [1.29, 1.82) is 0 Å². The summed E-state index contributed by atoms with van der Waals surface area (Å²) in [6.45, 7) is 3.18. The van der Waals surface area contributed by atoms with Gasteiger partial charge in [-0.2, -0.15) is 0 Å². The first-order valence-corrected chi connectivity index (χ1v) is 6.35. The second-order valence-corrected chi connectivity index (χ2v) is 4.89. The maximum Gasteiger partial charge on any atom is 0.0914 e. The van der Waals surface area contributed by atoms with Gasteiger partial charge in [0, 0.05) is 24.7 Å². The Morgan fingerprint density at radius 2 is 2.18 bits per heavy atom. The lowest BCUT2D eigenvalue weighted by atomic mass is 10.1. The van der Waals surface area contributed by atoms with Crippen LogP contribution in [-0.2, 0) is 4.74 Å². The highest BCUT2D eigenvalue weighted by atomic mass is 35.5. The molecule has 1 aliphatic rings. The smallest absolute Gasteiger partial charge is 0.0914 e. The van der Waals surface area contributed by atoms with Crippen LogP contribution in [0, 0.1) is 5.92 Å². The first-order valence-electron chi connectivity index (χ1n) is 5.97. The van der Waals surface area contributed by atoms with Crippen LogP contribution in [0.15, 0.2) is 24.3 Å². The monoisotopic (exact) mass is 255 g/mol. The average Bonchev–Trinajstić information content (AvgIpc) is 2.83. The van der Waals surface area contributed by atoms with Gasteiger partial charge in [0.05, 0.1) is 12.7 Å². The summed E-state index contributed by atoms with van der Waals surface area (Å²) in [7, 11) is 0. The number of aliphatic hydroxyl groups excluding tert-OH is 1. The molecular formula is C13H18ClNO2. The van der Waals surface area contributed by atoms with Gasteiger partial charge < -0.3 is 15.2 Å². The van der Waals surface area contributed by atoms with Crippen LogP contribution >= 0.6 is 11.6 Å². The standard InChI is InChI=1S/C13H18ClNO2/c14-12-3-1-11(2-4-12)13(16)8-15-7-10-5-6-17-9-10/h1-4,10,13,15-16H,5-9H2. The fourth-order valence-electron chi connectivity index (χ4n) is 1.97. The molecule has 2 N–H and O–H groups in total. The molecule has 2 unspecified atom stereocenters. The molecule has 0 bridgehead atoms. The molecule has 1 fully saturated rings. The molecule has 1 heterocycles. The van der Waals surface area contributed by atoms with Gasteiger partial charge in [-0.15, -0.1) is 0 Å². The number of ether oxygens (including phenoxy) is 1. The first-order chi connectivity index (χ1) is 8.25. The first kappa shape index (κ1) is 12.8. The zero-order chi connectivity index (χ0) is 12.1. The number of rotatable bonds is 5. The second-order valence-electron chi connectivity index (χ2n) is 4.46. The molecule has 0 aromatic heterocycles. The van der Waals surface area contributed by atoms with Gasteiger partial charge in [0.25, 0.3) is 0 Å². The fraction of sp³-hybridized carbons (Fsp3) is 0.538. The van der Waals surface area contributed by atoms with Crippen LogP contribution < -0.4 is 5.32 Å². The number of nitrogens with one attached hydrogen (secondary N) is 1. The van der Waals surface area contributed by atoms with E-state index in [-0.39, 0.29) is 0 Å². The SMILES string of the molecule is OC(CNCC1CCOC1)c1ccc(Cl)cc1. The molecule has 1 saturated heterocycles. The number of aliphatic hydroxyl groups is 1. The summed E-state index contributed by atoms with van der Waals surface area (Å²) >= 11 is 5.80. The summed E-state index contributed by atoms with van der Waals surface area (Å²) in [5.74, 6) is 0.590. The van der Waals surface area contributed by atoms with Crippen molar-refractivity contribution in [3.8, 4) is 0 Å². The van der Waals surface area contributed by atoms with E-state index in [1.54, 1.807) is 12.1 Å². The minimum Gasteiger partial charge on any atom is -0.387 e. The number of hydrogen-bond donors (Lipinski definition) is 2. The molecule has 2 atom stereocenters. The minimum absolute atomic E-state index is 0.477. The highest BCUT2D eigenvalue weighted by molar-refractivity contribution is 6.30. The molecule has 0 aliphatic carbocycles. The predicted molar refractivity (Wildman–Crippen MR) is 68.2 cm³/mol. The van der Waals surface area contributed by atoms with E-state index in [0.29, 0.717) is 17.5 Å². The van der Waals surface area contributed by atoms with Crippen LogP contribution in [0.25, 0.3) is 0 Å². The van der Waals surface area contributed by atoms with Gasteiger partial charge in [-0.1, -0.05) is 23.7 Å². The van der Waals surface area contributed by atoms with Gasteiger partial charge in [0.2, 0.25) is 0 Å². The molecule has 1 aromatic rings. The zero-order valence-corrected chi connectivity index (χ0v) is 10.5. The Balaban J connectivity index is 1.72. The third-order valence-electron chi connectivity index (χ3n) is 3.05. The van der Waals surface area contributed by atoms with Gasteiger partial charge in [-0.05, 0) is 30.0 Å². The van der Waals surface area contributed by atoms with Crippen molar-refractivity contribution in [2.75, 3.05) is 26.3 Å². The van der Waals surface area contributed by atoms with E-state index < -0.39 is 6.10 Å². The van der Waals surface area contributed by atoms with Crippen LogP contribution in [0.4, 0.5) is 0 Å². The van der Waals surface area contributed by atoms with Crippen LogP contribution in [0.1, 0.15) is 18.1 Å². The van der Waals surface area contributed by atoms with Gasteiger partial charge in [-0.3, -0.25) is 0 Å². The molecule has 3 nitrogen and oxygen atoms in total. The molecule has 0 amide bonds. The molecule has 2 rings (SSSR count).